The van der Waals surface area contributed by atoms with E-state index in [2.05, 4.69) is 0 Å². The summed E-state index contributed by atoms with van der Waals surface area (Å²) < 4.78 is 18.4. The van der Waals surface area contributed by atoms with Gasteiger partial charge >= 0.3 is 0 Å². The third-order valence-corrected chi connectivity index (χ3v) is 5.24. The fraction of sp³-hybridized carbons (Fsp3) is 0.294. The second kappa shape index (κ2) is 6.41. The molecule has 2 unspecified atom stereocenters. The van der Waals surface area contributed by atoms with Crippen molar-refractivity contribution >= 4 is 10.8 Å². The van der Waals surface area contributed by atoms with Gasteiger partial charge in [-0.15, -0.1) is 0 Å². The number of hydrogen-bond donors (Lipinski definition) is 1. The summed E-state index contributed by atoms with van der Waals surface area (Å²) in [6.07, 6.45) is 11.6. The van der Waals surface area contributed by atoms with Crippen LogP contribution in [-0.2, 0) is 10.8 Å². The van der Waals surface area contributed by atoms with Gasteiger partial charge in [0.2, 0.25) is 0 Å². The van der Waals surface area contributed by atoms with Crippen molar-refractivity contribution in [1.29, 1.82) is 0 Å². The van der Waals surface area contributed by atoms with Crippen molar-refractivity contribution in [2.24, 2.45) is 5.73 Å². The molecule has 0 aromatic heterocycles. The summed E-state index contributed by atoms with van der Waals surface area (Å²) in [5.74, 6) is 1.18. The van der Waals surface area contributed by atoms with Crippen LogP contribution in [0.5, 0.6) is 5.75 Å². The Hall–Kier alpha value is -1.65. The first-order valence-electron chi connectivity index (χ1n) is 7.21. The molecule has 1 aliphatic carbocycles. The van der Waals surface area contributed by atoms with Gasteiger partial charge in [-0.25, -0.2) is 4.21 Å². The topological polar surface area (TPSA) is 52.3 Å². The lowest BCUT2D eigenvalue weighted by Crippen LogP contribution is -2.21. The molecule has 21 heavy (non-hydrogen) atoms. The largest absolute Gasteiger partial charge is 0.493 e. The molecule has 4 heteroatoms. The highest BCUT2D eigenvalue weighted by molar-refractivity contribution is 7.89. The Bertz CT molecular complexity index is 646. The van der Waals surface area contributed by atoms with Crippen LogP contribution >= 0.6 is 0 Å². The maximum atomic E-state index is 12.7. The zero-order valence-corrected chi connectivity index (χ0v) is 12.6. The van der Waals surface area contributed by atoms with Gasteiger partial charge in [-0.1, -0.05) is 30.4 Å². The molecule has 0 fully saturated rings. The Balaban J connectivity index is 1.90. The van der Waals surface area contributed by atoms with Crippen LogP contribution in [0.4, 0.5) is 0 Å². The standard InChI is InChI=1S/C17H19NO2S/c18-12-13-9-10-20-17-11-15(7-8-16(13)17)21(19)14-5-3-1-2-4-6-14/h1-3,5-8,11,13H,4,9-10,12,18H2. The Morgan fingerprint density at radius 3 is 3.10 bits per heavy atom. The van der Waals surface area contributed by atoms with Gasteiger partial charge in [0.25, 0.3) is 0 Å². The van der Waals surface area contributed by atoms with Gasteiger partial charge in [0.05, 0.1) is 17.4 Å². The van der Waals surface area contributed by atoms with Crippen LogP contribution in [0.25, 0.3) is 0 Å². The van der Waals surface area contributed by atoms with E-state index in [4.69, 9.17) is 10.5 Å². The molecule has 2 aliphatic rings. The Morgan fingerprint density at radius 2 is 2.24 bits per heavy atom. The van der Waals surface area contributed by atoms with Gasteiger partial charge in [0.1, 0.15) is 5.75 Å². The SMILES string of the molecule is NCC1CCOc2cc(S(=O)C3=CCC=CC=C3)ccc21. The van der Waals surface area contributed by atoms with Crippen molar-refractivity contribution in [3.63, 3.8) is 0 Å². The van der Waals surface area contributed by atoms with Crippen LogP contribution in [0.3, 0.4) is 0 Å². The van der Waals surface area contributed by atoms with Crippen LogP contribution in [0.2, 0.25) is 0 Å². The number of rotatable bonds is 3. The lowest BCUT2D eigenvalue weighted by atomic mass is 9.93. The number of fused-ring (bicyclic) bond motifs is 1. The maximum Gasteiger partial charge on any atom is 0.124 e. The van der Waals surface area contributed by atoms with Gasteiger partial charge < -0.3 is 10.5 Å². The van der Waals surface area contributed by atoms with Crippen LogP contribution in [0, 0.1) is 0 Å². The van der Waals surface area contributed by atoms with Crippen LogP contribution in [0.15, 0.2) is 58.4 Å². The lowest BCUT2D eigenvalue weighted by molar-refractivity contribution is 0.268. The Labute approximate surface area is 127 Å². The molecule has 0 bridgehead atoms. The van der Waals surface area contributed by atoms with Gasteiger partial charge in [-0.3, -0.25) is 0 Å². The minimum absolute atomic E-state index is 0.345. The smallest absolute Gasteiger partial charge is 0.124 e. The van der Waals surface area contributed by atoms with Crippen LogP contribution < -0.4 is 10.5 Å². The monoisotopic (exact) mass is 301 g/mol. The van der Waals surface area contributed by atoms with Gasteiger partial charge in [-0.05, 0) is 43.2 Å². The predicted octanol–water partition coefficient (Wildman–Crippen LogP) is 3.02. The number of allylic oxidation sites excluding steroid dienone is 5. The molecule has 1 aromatic carbocycles. The fourth-order valence-corrected chi connectivity index (χ4v) is 3.76. The summed E-state index contributed by atoms with van der Waals surface area (Å²) in [6, 6.07) is 5.85. The quantitative estimate of drug-likeness (QED) is 0.933. The first kappa shape index (κ1) is 14.3. The molecule has 0 saturated heterocycles. The molecule has 1 aliphatic heterocycles. The highest BCUT2D eigenvalue weighted by Crippen LogP contribution is 2.35. The molecule has 2 N–H and O–H groups in total. The average molecular weight is 301 g/mol. The molecular weight excluding hydrogens is 282 g/mol. The molecule has 0 saturated carbocycles. The van der Waals surface area contributed by atoms with Gasteiger partial charge in [-0.2, -0.15) is 0 Å². The van der Waals surface area contributed by atoms with E-state index in [1.54, 1.807) is 0 Å². The average Bonchev–Trinajstić information content (AvgIpc) is 2.82. The van der Waals surface area contributed by atoms with Crippen molar-refractivity contribution in [2.75, 3.05) is 13.2 Å². The minimum atomic E-state index is -1.17. The predicted molar refractivity (Wildman–Crippen MR) is 85.7 cm³/mol. The molecule has 1 aromatic rings. The highest BCUT2D eigenvalue weighted by atomic mass is 32.2. The Kier molecular flexibility index (Phi) is 4.36. The summed E-state index contributed by atoms with van der Waals surface area (Å²) in [7, 11) is -1.17. The molecular formula is C17H19NO2S. The fourth-order valence-electron chi connectivity index (χ4n) is 2.64. The molecule has 2 atom stereocenters. The Morgan fingerprint density at radius 1 is 1.33 bits per heavy atom. The normalized spacial score (nSPS) is 22.0. The van der Waals surface area contributed by atoms with E-state index in [1.807, 2.05) is 48.6 Å². The second-order valence-corrected chi connectivity index (χ2v) is 6.65. The zero-order chi connectivity index (χ0) is 14.7. The van der Waals surface area contributed by atoms with Crippen molar-refractivity contribution in [2.45, 2.75) is 23.7 Å². The highest BCUT2D eigenvalue weighted by Gasteiger charge is 2.21. The first-order chi connectivity index (χ1) is 10.3. The van der Waals surface area contributed by atoms with Crippen molar-refractivity contribution in [3.8, 4) is 5.75 Å². The molecule has 3 nitrogen and oxygen atoms in total. The molecule has 0 radical (unpaired) electrons. The third-order valence-electron chi connectivity index (χ3n) is 3.82. The first-order valence-corrected chi connectivity index (χ1v) is 8.36. The van der Waals surface area contributed by atoms with E-state index in [0.29, 0.717) is 19.1 Å². The summed E-state index contributed by atoms with van der Waals surface area (Å²) >= 11 is 0. The number of hydrogen-bond acceptors (Lipinski definition) is 3. The van der Waals surface area contributed by atoms with E-state index in [9.17, 15) is 4.21 Å². The minimum Gasteiger partial charge on any atom is -0.493 e. The molecule has 0 spiro atoms. The summed E-state index contributed by atoms with van der Waals surface area (Å²) in [6.45, 7) is 1.30. The number of nitrogens with two attached hydrogens (primary N) is 1. The molecule has 110 valence electrons. The molecule has 0 amide bonds. The van der Waals surface area contributed by atoms with E-state index in [-0.39, 0.29) is 0 Å². The summed E-state index contributed by atoms with van der Waals surface area (Å²) in [4.78, 5) is 1.62. The second-order valence-electron chi connectivity index (χ2n) is 5.17. The molecule has 3 rings (SSSR count). The van der Waals surface area contributed by atoms with Crippen molar-refractivity contribution in [3.05, 3.63) is 59.0 Å². The van der Waals surface area contributed by atoms with Crippen molar-refractivity contribution in [1.82, 2.24) is 0 Å². The van der Waals surface area contributed by atoms with E-state index in [0.717, 1.165) is 34.0 Å². The zero-order valence-electron chi connectivity index (χ0n) is 11.8. The summed E-state index contributed by atoms with van der Waals surface area (Å²) in [5.41, 5.74) is 6.95. The maximum absolute atomic E-state index is 12.7. The van der Waals surface area contributed by atoms with E-state index in [1.165, 1.54) is 0 Å². The van der Waals surface area contributed by atoms with Crippen LogP contribution in [-0.4, -0.2) is 17.4 Å². The van der Waals surface area contributed by atoms with E-state index >= 15 is 0 Å². The molecule has 1 heterocycles. The van der Waals surface area contributed by atoms with Crippen LogP contribution in [0.1, 0.15) is 24.3 Å². The van der Waals surface area contributed by atoms with Gasteiger partial charge in [0, 0.05) is 15.7 Å². The third kappa shape index (κ3) is 3.01. The van der Waals surface area contributed by atoms with Crippen molar-refractivity contribution < 1.29 is 8.95 Å². The van der Waals surface area contributed by atoms with Gasteiger partial charge in [0.15, 0.2) is 0 Å². The summed E-state index contributed by atoms with van der Waals surface area (Å²) in [5, 5.41) is 0. The number of benzene rings is 1. The number of ether oxygens (including phenoxy) is 1. The van der Waals surface area contributed by atoms with E-state index < -0.39 is 10.8 Å². The lowest BCUT2D eigenvalue weighted by Gasteiger charge is -2.25.